The molecule has 0 saturated carbocycles. The van der Waals surface area contributed by atoms with Gasteiger partial charge in [-0.3, -0.25) is 4.90 Å². The molecule has 6 heteroatoms. The molecule has 0 amide bonds. The normalized spacial score (nSPS) is 18.8. The van der Waals surface area contributed by atoms with E-state index in [1.807, 2.05) is 30.8 Å². The van der Waals surface area contributed by atoms with E-state index in [1.54, 1.807) is 0 Å². The molecular formula is C19H24N6. The highest BCUT2D eigenvalue weighted by Crippen LogP contribution is 2.27. The van der Waals surface area contributed by atoms with Gasteiger partial charge in [0.2, 0.25) is 0 Å². The van der Waals surface area contributed by atoms with Gasteiger partial charge in [0.05, 0.1) is 6.20 Å². The highest BCUT2D eigenvalue weighted by molar-refractivity contribution is 5.47. The van der Waals surface area contributed by atoms with E-state index < -0.39 is 0 Å². The molecule has 1 aliphatic rings. The molecule has 1 fully saturated rings. The van der Waals surface area contributed by atoms with Crippen molar-refractivity contribution in [1.29, 1.82) is 0 Å². The summed E-state index contributed by atoms with van der Waals surface area (Å²) >= 11 is 0. The zero-order valence-corrected chi connectivity index (χ0v) is 15.1. The lowest BCUT2D eigenvalue weighted by molar-refractivity contribution is 0.199. The Morgan fingerprint density at radius 3 is 2.92 bits per heavy atom. The monoisotopic (exact) mass is 336 g/mol. The average molecular weight is 336 g/mol. The second-order valence-corrected chi connectivity index (χ2v) is 7.05. The molecule has 0 spiro atoms. The van der Waals surface area contributed by atoms with Crippen molar-refractivity contribution in [2.45, 2.75) is 46.1 Å². The quantitative estimate of drug-likeness (QED) is 0.736. The summed E-state index contributed by atoms with van der Waals surface area (Å²) < 4.78 is 1.94. The van der Waals surface area contributed by atoms with Crippen molar-refractivity contribution >= 4 is 5.65 Å². The van der Waals surface area contributed by atoms with Crippen LogP contribution in [0.4, 0.5) is 0 Å². The Balaban J connectivity index is 1.55. The smallest absolute Gasteiger partial charge is 0.159 e. The lowest BCUT2D eigenvalue weighted by Gasteiger charge is -2.32. The standard InChI is InChI=1S/C19H24N6/c1-13-9-14(2)25-19(22-13)17(10-21-25)12-24-8-4-5-16(11-24)18-6-7-20-15(3)23-18/h6-7,9-10,16H,4-5,8,11-12H2,1-3H3. The van der Waals surface area contributed by atoms with E-state index in [4.69, 9.17) is 4.98 Å². The lowest BCUT2D eigenvalue weighted by Crippen LogP contribution is -2.34. The summed E-state index contributed by atoms with van der Waals surface area (Å²) in [5.74, 6) is 1.33. The van der Waals surface area contributed by atoms with E-state index >= 15 is 0 Å². The summed E-state index contributed by atoms with van der Waals surface area (Å²) in [5.41, 5.74) is 5.52. The van der Waals surface area contributed by atoms with Crippen molar-refractivity contribution in [2.24, 2.45) is 0 Å². The topological polar surface area (TPSA) is 59.2 Å². The van der Waals surface area contributed by atoms with Gasteiger partial charge in [-0.15, -0.1) is 0 Å². The third-order valence-corrected chi connectivity index (χ3v) is 4.97. The SMILES string of the molecule is Cc1cc(C)n2ncc(CN3CCCC(c4ccnc(C)n4)C3)c2n1. The van der Waals surface area contributed by atoms with Gasteiger partial charge in [-0.25, -0.2) is 19.5 Å². The highest BCUT2D eigenvalue weighted by atomic mass is 15.3. The number of fused-ring (bicyclic) bond motifs is 1. The molecule has 0 radical (unpaired) electrons. The lowest BCUT2D eigenvalue weighted by atomic mass is 9.94. The van der Waals surface area contributed by atoms with Gasteiger partial charge in [0.25, 0.3) is 0 Å². The van der Waals surface area contributed by atoms with E-state index in [0.717, 1.165) is 42.5 Å². The number of rotatable bonds is 3. The molecule has 0 aliphatic carbocycles. The third kappa shape index (κ3) is 3.26. The van der Waals surface area contributed by atoms with E-state index in [-0.39, 0.29) is 0 Å². The first-order valence-corrected chi connectivity index (χ1v) is 8.93. The van der Waals surface area contributed by atoms with Crippen LogP contribution in [-0.4, -0.2) is 42.6 Å². The molecule has 3 aromatic rings. The van der Waals surface area contributed by atoms with Gasteiger partial charge < -0.3 is 0 Å². The van der Waals surface area contributed by atoms with Crippen LogP contribution in [0.25, 0.3) is 5.65 Å². The van der Waals surface area contributed by atoms with Crippen LogP contribution in [0.2, 0.25) is 0 Å². The number of piperidine rings is 1. The summed E-state index contributed by atoms with van der Waals surface area (Å²) in [4.78, 5) is 16.1. The maximum Gasteiger partial charge on any atom is 0.159 e. The second-order valence-electron chi connectivity index (χ2n) is 7.05. The van der Waals surface area contributed by atoms with Gasteiger partial charge in [0.15, 0.2) is 5.65 Å². The van der Waals surface area contributed by atoms with Gasteiger partial charge in [0, 0.05) is 47.8 Å². The molecule has 1 saturated heterocycles. The van der Waals surface area contributed by atoms with Crippen LogP contribution < -0.4 is 0 Å². The largest absolute Gasteiger partial charge is 0.298 e. The van der Waals surface area contributed by atoms with Crippen molar-refractivity contribution in [3.8, 4) is 0 Å². The van der Waals surface area contributed by atoms with Gasteiger partial charge in [-0.1, -0.05) is 0 Å². The fourth-order valence-corrected chi connectivity index (χ4v) is 3.81. The zero-order valence-electron chi connectivity index (χ0n) is 15.1. The summed E-state index contributed by atoms with van der Waals surface area (Å²) in [7, 11) is 0. The minimum Gasteiger partial charge on any atom is -0.298 e. The molecule has 3 aromatic heterocycles. The summed E-state index contributed by atoms with van der Waals surface area (Å²) in [6.45, 7) is 9.10. The second kappa shape index (κ2) is 6.52. The molecule has 4 rings (SSSR count). The van der Waals surface area contributed by atoms with E-state index in [9.17, 15) is 0 Å². The van der Waals surface area contributed by atoms with Gasteiger partial charge in [-0.05, 0) is 52.3 Å². The van der Waals surface area contributed by atoms with Crippen LogP contribution in [0.5, 0.6) is 0 Å². The number of aromatic nitrogens is 5. The Morgan fingerprint density at radius 1 is 1.20 bits per heavy atom. The highest BCUT2D eigenvalue weighted by Gasteiger charge is 2.23. The molecule has 4 heterocycles. The van der Waals surface area contributed by atoms with Crippen molar-refractivity contribution in [3.63, 3.8) is 0 Å². The minimum absolute atomic E-state index is 0.480. The Labute approximate surface area is 147 Å². The summed E-state index contributed by atoms with van der Waals surface area (Å²) in [5, 5.41) is 4.52. The molecular weight excluding hydrogens is 312 g/mol. The Kier molecular flexibility index (Phi) is 4.21. The summed E-state index contributed by atoms with van der Waals surface area (Å²) in [6.07, 6.45) is 6.22. The van der Waals surface area contributed by atoms with Gasteiger partial charge in [-0.2, -0.15) is 5.10 Å². The van der Waals surface area contributed by atoms with Crippen molar-refractivity contribution in [3.05, 3.63) is 53.0 Å². The van der Waals surface area contributed by atoms with E-state index in [0.29, 0.717) is 5.92 Å². The molecule has 130 valence electrons. The molecule has 25 heavy (non-hydrogen) atoms. The number of hydrogen-bond donors (Lipinski definition) is 0. The molecule has 6 nitrogen and oxygen atoms in total. The number of nitrogens with zero attached hydrogens (tertiary/aromatic N) is 6. The first kappa shape index (κ1) is 16.1. The fourth-order valence-electron chi connectivity index (χ4n) is 3.81. The maximum atomic E-state index is 4.70. The zero-order chi connectivity index (χ0) is 17.4. The Hall–Kier alpha value is -2.34. The van der Waals surface area contributed by atoms with Crippen molar-refractivity contribution in [1.82, 2.24) is 29.5 Å². The summed E-state index contributed by atoms with van der Waals surface area (Å²) in [6, 6.07) is 4.13. The Bertz CT molecular complexity index is 900. The number of aryl methyl sites for hydroxylation is 3. The number of hydrogen-bond acceptors (Lipinski definition) is 5. The van der Waals surface area contributed by atoms with Crippen LogP contribution in [-0.2, 0) is 6.54 Å². The molecule has 1 atom stereocenters. The molecule has 1 unspecified atom stereocenters. The van der Waals surface area contributed by atoms with Crippen LogP contribution >= 0.6 is 0 Å². The molecule has 0 aromatic carbocycles. The molecule has 1 aliphatic heterocycles. The third-order valence-electron chi connectivity index (χ3n) is 4.97. The van der Waals surface area contributed by atoms with Crippen molar-refractivity contribution in [2.75, 3.05) is 13.1 Å². The fraction of sp³-hybridized carbons (Fsp3) is 0.474. The van der Waals surface area contributed by atoms with Crippen molar-refractivity contribution < 1.29 is 0 Å². The van der Waals surface area contributed by atoms with Crippen LogP contribution in [0.1, 0.15) is 47.2 Å². The molecule has 0 bridgehead atoms. The van der Waals surface area contributed by atoms with Crippen LogP contribution in [0.3, 0.4) is 0 Å². The predicted octanol–water partition coefficient (Wildman–Crippen LogP) is 2.82. The first-order valence-electron chi connectivity index (χ1n) is 8.93. The number of likely N-dealkylation sites (tertiary alicyclic amines) is 1. The van der Waals surface area contributed by atoms with Gasteiger partial charge in [0.1, 0.15) is 5.82 Å². The molecule has 0 N–H and O–H groups in total. The average Bonchev–Trinajstić information content (AvgIpc) is 2.98. The van der Waals surface area contributed by atoms with Gasteiger partial charge >= 0.3 is 0 Å². The first-order chi connectivity index (χ1) is 12.1. The van der Waals surface area contributed by atoms with E-state index in [2.05, 4.69) is 39.0 Å². The van der Waals surface area contributed by atoms with Crippen LogP contribution in [0, 0.1) is 20.8 Å². The van der Waals surface area contributed by atoms with E-state index in [1.165, 1.54) is 24.1 Å². The maximum absolute atomic E-state index is 4.70. The Morgan fingerprint density at radius 2 is 2.08 bits per heavy atom. The van der Waals surface area contributed by atoms with Crippen LogP contribution in [0.15, 0.2) is 24.5 Å². The minimum atomic E-state index is 0.480. The predicted molar refractivity (Wildman–Crippen MR) is 96.5 cm³/mol.